The zero-order valence-electron chi connectivity index (χ0n) is 11.4. The zero-order valence-corrected chi connectivity index (χ0v) is 11.4. The molecule has 20 heavy (non-hydrogen) atoms. The van der Waals surface area contributed by atoms with Crippen molar-refractivity contribution >= 4 is 11.6 Å². The maximum atomic E-state index is 11.9. The Balaban J connectivity index is 1.99. The maximum absolute atomic E-state index is 11.9. The summed E-state index contributed by atoms with van der Waals surface area (Å²) in [5, 5.41) is 4.21. The Morgan fingerprint density at radius 3 is 2.50 bits per heavy atom. The minimum atomic E-state index is -0.216. The SMILES string of the molecule is CC/C(Cc1ccccc1)=N\NC(=O)c1ccncc1. The van der Waals surface area contributed by atoms with Crippen molar-refractivity contribution in [2.75, 3.05) is 0 Å². The number of pyridine rings is 1. The van der Waals surface area contributed by atoms with Crippen molar-refractivity contribution in [3.63, 3.8) is 0 Å². The van der Waals surface area contributed by atoms with Gasteiger partial charge in [0.25, 0.3) is 5.91 Å². The molecular weight excluding hydrogens is 250 g/mol. The molecule has 0 spiro atoms. The molecule has 0 aliphatic heterocycles. The lowest BCUT2D eigenvalue weighted by Gasteiger charge is -2.05. The van der Waals surface area contributed by atoms with Crippen LogP contribution in [-0.4, -0.2) is 16.6 Å². The van der Waals surface area contributed by atoms with Crippen molar-refractivity contribution in [2.24, 2.45) is 5.10 Å². The van der Waals surface area contributed by atoms with E-state index in [0.717, 1.165) is 18.6 Å². The van der Waals surface area contributed by atoms with E-state index < -0.39 is 0 Å². The van der Waals surface area contributed by atoms with E-state index in [1.807, 2.05) is 25.1 Å². The van der Waals surface area contributed by atoms with E-state index in [4.69, 9.17) is 0 Å². The van der Waals surface area contributed by atoms with E-state index in [2.05, 4.69) is 27.6 Å². The van der Waals surface area contributed by atoms with Crippen LogP contribution in [0.15, 0.2) is 60.0 Å². The molecular formula is C16H17N3O. The molecule has 0 saturated heterocycles. The molecule has 0 radical (unpaired) electrons. The van der Waals surface area contributed by atoms with Gasteiger partial charge in [-0.05, 0) is 24.1 Å². The Morgan fingerprint density at radius 1 is 1.15 bits per heavy atom. The van der Waals surface area contributed by atoms with Crippen LogP contribution in [0.2, 0.25) is 0 Å². The van der Waals surface area contributed by atoms with Crippen molar-refractivity contribution in [1.29, 1.82) is 0 Å². The third-order valence-electron chi connectivity index (χ3n) is 2.92. The van der Waals surface area contributed by atoms with E-state index in [0.29, 0.717) is 5.56 Å². The number of carbonyl (C=O) groups excluding carboxylic acids is 1. The van der Waals surface area contributed by atoms with Crippen LogP contribution in [0.25, 0.3) is 0 Å². The van der Waals surface area contributed by atoms with Gasteiger partial charge in [0.05, 0.1) is 0 Å². The number of amides is 1. The molecule has 1 aromatic carbocycles. The highest BCUT2D eigenvalue weighted by Gasteiger charge is 2.04. The van der Waals surface area contributed by atoms with Crippen LogP contribution < -0.4 is 5.43 Å². The predicted octanol–water partition coefficient (Wildman–Crippen LogP) is 2.82. The van der Waals surface area contributed by atoms with Crippen molar-refractivity contribution in [2.45, 2.75) is 19.8 Å². The van der Waals surface area contributed by atoms with E-state index in [1.165, 1.54) is 5.56 Å². The second kappa shape index (κ2) is 7.19. The number of benzene rings is 1. The van der Waals surface area contributed by atoms with Gasteiger partial charge in [-0.3, -0.25) is 9.78 Å². The Labute approximate surface area is 118 Å². The van der Waals surface area contributed by atoms with Gasteiger partial charge in [-0.2, -0.15) is 5.10 Å². The van der Waals surface area contributed by atoms with Crippen LogP contribution in [0.4, 0.5) is 0 Å². The fourth-order valence-corrected chi connectivity index (χ4v) is 1.77. The highest BCUT2D eigenvalue weighted by molar-refractivity contribution is 5.95. The molecule has 0 unspecified atom stereocenters. The van der Waals surface area contributed by atoms with Gasteiger partial charge in [-0.25, -0.2) is 5.43 Å². The van der Waals surface area contributed by atoms with Crippen molar-refractivity contribution in [3.8, 4) is 0 Å². The first-order chi connectivity index (χ1) is 9.79. The second-order valence-corrected chi connectivity index (χ2v) is 4.37. The normalized spacial score (nSPS) is 11.2. The van der Waals surface area contributed by atoms with Gasteiger partial charge in [0.2, 0.25) is 0 Å². The molecule has 1 N–H and O–H groups in total. The summed E-state index contributed by atoms with van der Waals surface area (Å²) in [7, 11) is 0. The molecule has 0 saturated carbocycles. The van der Waals surface area contributed by atoms with Gasteiger partial charge in [0.1, 0.15) is 0 Å². The van der Waals surface area contributed by atoms with Gasteiger partial charge in [0, 0.05) is 30.1 Å². The average molecular weight is 267 g/mol. The summed E-state index contributed by atoms with van der Waals surface area (Å²) >= 11 is 0. The molecule has 0 bridgehead atoms. The van der Waals surface area contributed by atoms with Crippen LogP contribution in [0, 0.1) is 0 Å². The van der Waals surface area contributed by atoms with Gasteiger partial charge in [-0.15, -0.1) is 0 Å². The fraction of sp³-hybridized carbons (Fsp3) is 0.188. The molecule has 1 heterocycles. The number of aromatic nitrogens is 1. The third kappa shape index (κ3) is 4.02. The van der Waals surface area contributed by atoms with Gasteiger partial charge < -0.3 is 0 Å². The average Bonchev–Trinajstić information content (AvgIpc) is 2.53. The summed E-state index contributed by atoms with van der Waals surface area (Å²) in [6.07, 6.45) is 4.71. The van der Waals surface area contributed by atoms with E-state index in [1.54, 1.807) is 24.5 Å². The molecule has 0 aliphatic carbocycles. The molecule has 0 aliphatic rings. The van der Waals surface area contributed by atoms with Crippen LogP contribution in [0.5, 0.6) is 0 Å². The zero-order chi connectivity index (χ0) is 14.2. The molecule has 0 fully saturated rings. The lowest BCUT2D eigenvalue weighted by molar-refractivity contribution is 0.0954. The fourth-order valence-electron chi connectivity index (χ4n) is 1.77. The number of carbonyl (C=O) groups is 1. The van der Waals surface area contributed by atoms with E-state index in [-0.39, 0.29) is 5.91 Å². The molecule has 102 valence electrons. The lowest BCUT2D eigenvalue weighted by Crippen LogP contribution is -2.20. The molecule has 4 nitrogen and oxygen atoms in total. The summed E-state index contributed by atoms with van der Waals surface area (Å²) in [6.45, 7) is 2.03. The van der Waals surface area contributed by atoms with Crippen molar-refractivity contribution in [1.82, 2.24) is 10.4 Å². The first-order valence-electron chi connectivity index (χ1n) is 6.59. The monoisotopic (exact) mass is 267 g/mol. The quantitative estimate of drug-likeness (QED) is 0.669. The van der Waals surface area contributed by atoms with Crippen molar-refractivity contribution < 1.29 is 4.79 Å². The third-order valence-corrected chi connectivity index (χ3v) is 2.92. The maximum Gasteiger partial charge on any atom is 0.271 e. The molecule has 1 aromatic heterocycles. The Kier molecular flexibility index (Phi) is 5.00. The summed E-state index contributed by atoms with van der Waals surface area (Å²) in [5.74, 6) is -0.216. The molecule has 0 atom stereocenters. The number of hydrogen-bond acceptors (Lipinski definition) is 3. The highest BCUT2D eigenvalue weighted by atomic mass is 16.2. The summed E-state index contributed by atoms with van der Waals surface area (Å²) in [4.78, 5) is 15.8. The first-order valence-corrected chi connectivity index (χ1v) is 6.59. The van der Waals surface area contributed by atoms with Crippen LogP contribution in [0.3, 0.4) is 0 Å². The smallest absolute Gasteiger partial charge is 0.267 e. The largest absolute Gasteiger partial charge is 0.271 e. The number of rotatable bonds is 5. The van der Waals surface area contributed by atoms with Gasteiger partial charge >= 0.3 is 0 Å². The predicted molar refractivity (Wildman–Crippen MR) is 79.6 cm³/mol. The van der Waals surface area contributed by atoms with Crippen LogP contribution in [-0.2, 0) is 6.42 Å². The Hall–Kier alpha value is -2.49. The summed E-state index contributed by atoms with van der Waals surface area (Å²) in [6, 6.07) is 13.4. The molecule has 1 amide bonds. The minimum absolute atomic E-state index is 0.216. The van der Waals surface area contributed by atoms with Crippen LogP contribution in [0.1, 0.15) is 29.3 Å². The highest BCUT2D eigenvalue weighted by Crippen LogP contribution is 2.03. The van der Waals surface area contributed by atoms with Gasteiger partial charge in [0.15, 0.2) is 0 Å². The van der Waals surface area contributed by atoms with Crippen molar-refractivity contribution in [3.05, 3.63) is 66.0 Å². The number of nitrogens with zero attached hydrogens (tertiary/aromatic N) is 2. The standard InChI is InChI=1S/C16H17N3O/c1-2-15(12-13-6-4-3-5-7-13)18-19-16(20)14-8-10-17-11-9-14/h3-11H,2,12H2,1H3,(H,19,20)/b18-15+. The number of hydrazone groups is 1. The molecule has 4 heteroatoms. The summed E-state index contributed by atoms with van der Waals surface area (Å²) < 4.78 is 0. The first kappa shape index (κ1) is 13.9. The molecule has 2 aromatic rings. The number of hydrogen-bond donors (Lipinski definition) is 1. The van der Waals surface area contributed by atoms with E-state index >= 15 is 0 Å². The molecule has 2 rings (SSSR count). The minimum Gasteiger partial charge on any atom is -0.267 e. The van der Waals surface area contributed by atoms with Crippen LogP contribution >= 0.6 is 0 Å². The van der Waals surface area contributed by atoms with E-state index in [9.17, 15) is 4.79 Å². The Morgan fingerprint density at radius 2 is 1.85 bits per heavy atom. The number of nitrogens with one attached hydrogen (secondary N) is 1. The lowest BCUT2D eigenvalue weighted by atomic mass is 10.1. The second-order valence-electron chi connectivity index (χ2n) is 4.37. The summed E-state index contributed by atoms with van der Waals surface area (Å²) in [5.41, 5.74) is 5.28. The topological polar surface area (TPSA) is 54.4 Å². The van der Waals surface area contributed by atoms with Gasteiger partial charge in [-0.1, -0.05) is 37.3 Å². The Bertz CT molecular complexity index is 579.